The Balaban J connectivity index is 1.51. The lowest BCUT2D eigenvalue weighted by Gasteiger charge is -2.20. The molecule has 0 unspecified atom stereocenters. The molecular formula is C19H19NO7. The van der Waals surface area contributed by atoms with Crippen LogP contribution in [0.1, 0.15) is 11.3 Å². The Bertz CT molecular complexity index is 810. The highest BCUT2D eigenvalue weighted by Gasteiger charge is 2.17. The molecule has 0 saturated heterocycles. The van der Waals surface area contributed by atoms with Gasteiger partial charge in [-0.3, -0.25) is 4.79 Å². The zero-order valence-electron chi connectivity index (χ0n) is 14.7. The molecule has 0 radical (unpaired) electrons. The SMILES string of the molecule is COc1cc(/C=C/C(=O)OCC(=O)NCc2ccco2)cc2c1OCCO2. The molecule has 1 aliphatic rings. The van der Waals surface area contributed by atoms with Gasteiger partial charge < -0.3 is 28.7 Å². The summed E-state index contributed by atoms with van der Waals surface area (Å²) in [4.78, 5) is 23.5. The number of benzene rings is 1. The van der Waals surface area contributed by atoms with Gasteiger partial charge in [-0.15, -0.1) is 0 Å². The van der Waals surface area contributed by atoms with Crippen molar-refractivity contribution >= 4 is 18.0 Å². The summed E-state index contributed by atoms with van der Waals surface area (Å²) >= 11 is 0. The molecule has 2 aromatic rings. The maximum atomic E-state index is 11.8. The fraction of sp³-hybridized carbons (Fsp3) is 0.263. The minimum atomic E-state index is -0.642. The lowest BCUT2D eigenvalue weighted by Crippen LogP contribution is -2.27. The molecule has 0 atom stereocenters. The molecule has 1 N–H and O–H groups in total. The van der Waals surface area contributed by atoms with Gasteiger partial charge in [0, 0.05) is 6.08 Å². The third kappa shape index (κ3) is 5.04. The van der Waals surface area contributed by atoms with Gasteiger partial charge >= 0.3 is 5.97 Å². The zero-order chi connectivity index (χ0) is 19.1. The summed E-state index contributed by atoms with van der Waals surface area (Å²) < 4.78 is 26.3. The van der Waals surface area contributed by atoms with Gasteiger partial charge in [0.05, 0.1) is 19.9 Å². The first kappa shape index (κ1) is 18.4. The van der Waals surface area contributed by atoms with E-state index in [1.54, 1.807) is 30.3 Å². The fourth-order valence-corrected chi connectivity index (χ4v) is 2.39. The maximum Gasteiger partial charge on any atom is 0.331 e. The predicted octanol–water partition coefficient (Wildman–Crippen LogP) is 1.93. The summed E-state index contributed by atoms with van der Waals surface area (Å²) in [6.45, 7) is 0.746. The topological polar surface area (TPSA) is 96.2 Å². The molecule has 0 spiro atoms. The average molecular weight is 373 g/mol. The number of nitrogens with one attached hydrogen (secondary N) is 1. The third-order valence-corrected chi connectivity index (χ3v) is 3.65. The zero-order valence-corrected chi connectivity index (χ0v) is 14.7. The monoisotopic (exact) mass is 373 g/mol. The second-order valence-corrected chi connectivity index (χ2v) is 5.54. The number of carbonyl (C=O) groups excluding carboxylic acids is 2. The van der Waals surface area contributed by atoms with Crippen LogP contribution in [0.25, 0.3) is 6.08 Å². The normalized spacial score (nSPS) is 12.6. The van der Waals surface area contributed by atoms with Gasteiger partial charge in [-0.05, 0) is 35.9 Å². The third-order valence-electron chi connectivity index (χ3n) is 3.65. The fourth-order valence-electron chi connectivity index (χ4n) is 2.39. The summed E-state index contributed by atoms with van der Waals surface area (Å²) in [5, 5.41) is 2.58. The quantitative estimate of drug-likeness (QED) is 0.585. The largest absolute Gasteiger partial charge is 0.493 e. The van der Waals surface area contributed by atoms with Gasteiger partial charge in [0.25, 0.3) is 5.91 Å². The van der Waals surface area contributed by atoms with E-state index in [0.29, 0.717) is 41.8 Å². The Morgan fingerprint density at radius 2 is 2.11 bits per heavy atom. The van der Waals surface area contributed by atoms with Crippen LogP contribution in [0, 0.1) is 0 Å². The van der Waals surface area contributed by atoms with Crippen molar-refractivity contribution in [3.63, 3.8) is 0 Å². The smallest absolute Gasteiger partial charge is 0.331 e. The highest BCUT2D eigenvalue weighted by molar-refractivity contribution is 5.89. The van der Waals surface area contributed by atoms with Gasteiger partial charge in [-0.2, -0.15) is 0 Å². The molecule has 142 valence electrons. The van der Waals surface area contributed by atoms with Gasteiger partial charge in [0.1, 0.15) is 19.0 Å². The van der Waals surface area contributed by atoms with Crippen LogP contribution in [0.2, 0.25) is 0 Å². The number of hydrogen-bond donors (Lipinski definition) is 1. The summed E-state index contributed by atoms with van der Waals surface area (Å²) in [6.07, 6.45) is 4.29. The van der Waals surface area contributed by atoms with Crippen molar-refractivity contribution in [3.8, 4) is 17.2 Å². The summed E-state index contributed by atoms with van der Waals surface area (Å²) in [5.41, 5.74) is 0.676. The number of fused-ring (bicyclic) bond motifs is 1. The van der Waals surface area contributed by atoms with E-state index < -0.39 is 11.9 Å². The number of furan rings is 1. The molecule has 1 aromatic heterocycles. The van der Waals surface area contributed by atoms with Crippen LogP contribution in [-0.2, 0) is 20.9 Å². The molecule has 1 aliphatic heterocycles. The van der Waals surface area contributed by atoms with Gasteiger partial charge in [0.2, 0.25) is 5.75 Å². The predicted molar refractivity (Wildman–Crippen MR) is 94.5 cm³/mol. The van der Waals surface area contributed by atoms with Crippen LogP contribution in [0.3, 0.4) is 0 Å². The first-order valence-corrected chi connectivity index (χ1v) is 8.27. The summed E-state index contributed by atoms with van der Waals surface area (Å²) in [7, 11) is 1.52. The van der Waals surface area contributed by atoms with Crippen LogP contribution in [0.5, 0.6) is 17.2 Å². The number of ether oxygens (including phenoxy) is 4. The molecule has 0 fully saturated rings. The lowest BCUT2D eigenvalue weighted by atomic mass is 10.1. The molecule has 0 bridgehead atoms. The first-order valence-electron chi connectivity index (χ1n) is 8.27. The molecule has 0 saturated carbocycles. The number of hydrogen-bond acceptors (Lipinski definition) is 7. The highest BCUT2D eigenvalue weighted by atomic mass is 16.6. The van der Waals surface area contributed by atoms with Crippen LogP contribution < -0.4 is 19.5 Å². The molecule has 8 nitrogen and oxygen atoms in total. The second kappa shape index (κ2) is 8.79. The second-order valence-electron chi connectivity index (χ2n) is 5.54. The Morgan fingerprint density at radius 1 is 1.26 bits per heavy atom. The Labute approximate surface area is 155 Å². The molecule has 27 heavy (non-hydrogen) atoms. The standard InChI is InChI=1S/C19H19NO7/c1-23-15-9-13(10-16-19(15)26-8-7-25-16)4-5-18(22)27-12-17(21)20-11-14-3-2-6-24-14/h2-6,9-10H,7-8,11-12H2,1H3,(H,20,21)/b5-4+. The van der Waals surface area contributed by atoms with Gasteiger partial charge in [0.15, 0.2) is 18.1 Å². The van der Waals surface area contributed by atoms with Crippen molar-refractivity contribution in [1.29, 1.82) is 0 Å². The van der Waals surface area contributed by atoms with E-state index in [1.807, 2.05) is 0 Å². The Hall–Kier alpha value is -3.42. The molecule has 1 amide bonds. The number of carbonyl (C=O) groups is 2. The average Bonchev–Trinajstić information content (AvgIpc) is 3.22. The number of methoxy groups -OCH3 is 1. The van der Waals surface area contributed by atoms with Crippen LogP contribution in [-0.4, -0.2) is 38.8 Å². The van der Waals surface area contributed by atoms with E-state index in [0.717, 1.165) is 0 Å². The number of amides is 1. The summed E-state index contributed by atoms with van der Waals surface area (Å²) in [5.74, 6) is 1.15. The molecule has 1 aromatic carbocycles. The van der Waals surface area contributed by atoms with Gasteiger partial charge in [-0.25, -0.2) is 4.79 Å². The van der Waals surface area contributed by atoms with Crippen LogP contribution >= 0.6 is 0 Å². The Morgan fingerprint density at radius 3 is 2.89 bits per heavy atom. The minimum Gasteiger partial charge on any atom is -0.493 e. The Kier molecular flexibility index (Phi) is 5.98. The van der Waals surface area contributed by atoms with Gasteiger partial charge in [-0.1, -0.05) is 0 Å². The molecule has 3 rings (SSSR count). The van der Waals surface area contributed by atoms with Crippen molar-refractivity contribution in [2.24, 2.45) is 0 Å². The molecular weight excluding hydrogens is 354 g/mol. The van der Waals surface area contributed by atoms with Crippen molar-refractivity contribution in [1.82, 2.24) is 5.32 Å². The van der Waals surface area contributed by atoms with Crippen molar-refractivity contribution < 1.29 is 33.0 Å². The van der Waals surface area contributed by atoms with Crippen LogP contribution in [0.15, 0.2) is 41.0 Å². The lowest BCUT2D eigenvalue weighted by molar-refractivity contribution is -0.143. The van der Waals surface area contributed by atoms with Crippen LogP contribution in [0.4, 0.5) is 0 Å². The van der Waals surface area contributed by atoms with E-state index in [2.05, 4.69) is 5.32 Å². The maximum absolute atomic E-state index is 11.8. The van der Waals surface area contributed by atoms with Crippen molar-refractivity contribution in [3.05, 3.63) is 47.9 Å². The number of rotatable bonds is 7. The summed E-state index contributed by atoms with van der Waals surface area (Å²) in [6, 6.07) is 6.90. The molecule has 0 aliphatic carbocycles. The van der Waals surface area contributed by atoms with E-state index in [4.69, 9.17) is 23.4 Å². The highest BCUT2D eigenvalue weighted by Crippen LogP contribution is 2.40. The number of esters is 1. The van der Waals surface area contributed by atoms with E-state index in [9.17, 15) is 9.59 Å². The minimum absolute atomic E-state index is 0.232. The first-order chi connectivity index (χ1) is 13.2. The van der Waals surface area contributed by atoms with Crippen molar-refractivity contribution in [2.75, 3.05) is 26.9 Å². The van der Waals surface area contributed by atoms with E-state index in [1.165, 1.54) is 19.4 Å². The van der Waals surface area contributed by atoms with Crippen molar-refractivity contribution in [2.45, 2.75) is 6.54 Å². The molecule has 8 heteroatoms. The molecule has 2 heterocycles. The van der Waals surface area contributed by atoms with E-state index in [-0.39, 0.29) is 13.2 Å². The van der Waals surface area contributed by atoms with E-state index >= 15 is 0 Å².